The Morgan fingerprint density at radius 1 is 1.21 bits per heavy atom. The first-order chi connectivity index (χ1) is 9.35. The lowest BCUT2D eigenvalue weighted by atomic mass is 9.99. The number of hydrogen-bond donors (Lipinski definition) is 2. The molecule has 3 heterocycles. The van der Waals surface area contributed by atoms with Gasteiger partial charge in [0.25, 0.3) is 0 Å². The largest absolute Gasteiger partial charge is 0.359 e. The summed E-state index contributed by atoms with van der Waals surface area (Å²) in [5.74, 6) is 1.01. The molecule has 1 aromatic carbocycles. The van der Waals surface area contributed by atoms with Gasteiger partial charge in [0.2, 0.25) is 5.95 Å². The van der Waals surface area contributed by atoms with Gasteiger partial charge in [-0.05, 0) is 37.8 Å². The monoisotopic (exact) mass is 256 g/mol. The van der Waals surface area contributed by atoms with Gasteiger partial charge in [0.15, 0.2) is 0 Å². The molecule has 2 aliphatic heterocycles. The van der Waals surface area contributed by atoms with Crippen LogP contribution in [0.15, 0.2) is 24.3 Å². The molecule has 0 spiro atoms. The Bertz CT molecular complexity index is 591. The van der Waals surface area contributed by atoms with Crippen molar-refractivity contribution in [2.24, 2.45) is 0 Å². The number of fused-ring (bicyclic) bond motifs is 3. The standard InChI is InChI=1S/C15H20N4/c1-16-15-18-13-4-2-3-5-14(13)19(15)12-8-10-6-7-11(9-12)17-10/h2-5,10-12,17H,6-9H2,1H3,(H,16,18). The molecule has 4 nitrogen and oxygen atoms in total. The van der Waals surface area contributed by atoms with Crippen molar-refractivity contribution in [3.05, 3.63) is 24.3 Å². The second-order valence-electron chi connectivity index (χ2n) is 5.81. The number of aromatic nitrogens is 2. The lowest BCUT2D eigenvalue weighted by Crippen LogP contribution is -2.39. The zero-order chi connectivity index (χ0) is 12.8. The van der Waals surface area contributed by atoms with E-state index >= 15 is 0 Å². The molecule has 4 rings (SSSR count). The van der Waals surface area contributed by atoms with Crippen molar-refractivity contribution in [2.75, 3.05) is 12.4 Å². The van der Waals surface area contributed by atoms with E-state index < -0.39 is 0 Å². The Hall–Kier alpha value is -1.55. The summed E-state index contributed by atoms with van der Waals surface area (Å²) in [4.78, 5) is 4.71. The Labute approximate surface area is 113 Å². The van der Waals surface area contributed by atoms with E-state index in [-0.39, 0.29) is 0 Å². The molecule has 2 unspecified atom stereocenters. The average molecular weight is 256 g/mol. The fourth-order valence-corrected chi connectivity index (χ4v) is 3.83. The van der Waals surface area contributed by atoms with Crippen molar-refractivity contribution in [1.29, 1.82) is 0 Å². The van der Waals surface area contributed by atoms with E-state index in [0.29, 0.717) is 18.1 Å². The average Bonchev–Trinajstić information content (AvgIpc) is 2.98. The molecule has 19 heavy (non-hydrogen) atoms. The van der Waals surface area contributed by atoms with Gasteiger partial charge in [-0.2, -0.15) is 0 Å². The lowest BCUT2D eigenvalue weighted by molar-refractivity contribution is 0.305. The minimum atomic E-state index is 0.577. The quantitative estimate of drug-likeness (QED) is 0.867. The van der Waals surface area contributed by atoms with Crippen molar-refractivity contribution < 1.29 is 0 Å². The fraction of sp³-hybridized carbons (Fsp3) is 0.533. The van der Waals surface area contributed by atoms with Gasteiger partial charge in [-0.25, -0.2) is 4.98 Å². The highest BCUT2D eigenvalue weighted by molar-refractivity contribution is 5.78. The normalized spacial score (nSPS) is 29.8. The molecular formula is C15H20N4. The summed E-state index contributed by atoms with van der Waals surface area (Å²) in [6.07, 6.45) is 5.13. The number of piperidine rings is 1. The predicted octanol–water partition coefficient (Wildman–Crippen LogP) is 2.53. The molecule has 0 amide bonds. The maximum atomic E-state index is 4.71. The second kappa shape index (κ2) is 4.23. The highest BCUT2D eigenvalue weighted by Gasteiger charge is 2.35. The first-order valence-electron chi connectivity index (χ1n) is 7.26. The summed E-state index contributed by atoms with van der Waals surface area (Å²) < 4.78 is 2.42. The van der Waals surface area contributed by atoms with Crippen LogP contribution in [-0.2, 0) is 0 Å². The molecule has 0 saturated carbocycles. The topological polar surface area (TPSA) is 41.9 Å². The molecule has 2 fully saturated rings. The summed E-state index contributed by atoms with van der Waals surface area (Å²) in [5.41, 5.74) is 2.36. The zero-order valence-electron chi connectivity index (χ0n) is 11.3. The number of imidazole rings is 1. The van der Waals surface area contributed by atoms with E-state index in [1.807, 2.05) is 7.05 Å². The van der Waals surface area contributed by atoms with Crippen LogP contribution in [0.3, 0.4) is 0 Å². The van der Waals surface area contributed by atoms with Crippen LogP contribution < -0.4 is 10.6 Å². The first-order valence-corrected chi connectivity index (χ1v) is 7.26. The highest BCUT2D eigenvalue weighted by Crippen LogP contribution is 2.37. The van der Waals surface area contributed by atoms with Crippen LogP contribution in [-0.4, -0.2) is 28.7 Å². The van der Waals surface area contributed by atoms with Crippen LogP contribution in [0.5, 0.6) is 0 Å². The van der Waals surface area contributed by atoms with Crippen LogP contribution in [0, 0.1) is 0 Å². The predicted molar refractivity (Wildman–Crippen MR) is 77.5 cm³/mol. The van der Waals surface area contributed by atoms with E-state index in [2.05, 4.69) is 39.5 Å². The molecule has 2 aromatic rings. The summed E-state index contributed by atoms with van der Waals surface area (Å²) in [5, 5.41) is 6.98. The van der Waals surface area contributed by atoms with E-state index in [0.717, 1.165) is 11.5 Å². The Balaban J connectivity index is 1.81. The summed E-state index contributed by atoms with van der Waals surface area (Å²) in [7, 11) is 1.97. The molecule has 2 saturated heterocycles. The molecule has 0 radical (unpaired) electrons. The van der Waals surface area contributed by atoms with Gasteiger partial charge >= 0.3 is 0 Å². The minimum Gasteiger partial charge on any atom is -0.359 e. The van der Waals surface area contributed by atoms with Crippen molar-refractivity contribution in [3.63, 3.8) is 0 Å². The maximum absolute atomic E-state index is 4.71. The fourth-order valence-electron chi connectivity index (χ4n) is 3.83. The van der Waals surface area contributed by atoms with Gasteiger partial charge in [-0.3, -0.25) is 0 Å². The third-order valence-corrected chi connectivity index (χ3v) is 4.63. The van der Waals surface area contributed by atoms with Crippen molar-refractivity contribution in [2.45, 2.75) is 43.8 Å². The molecule has 4 heteroatoms. The minimum absolute atomic E-state index is 0.577. The van der Waals surface area contributed by atoms with Crippen LogP contribution in [0.2, 0.25) is 0 Å². The lowest BCUT2D eigenvalue weighted by Gasteiger charge is -2.31. The van der Waals surface area contributed by atoms with Crippen molar-refractivity contribution in [1.82, 2.24) is 14.9 Å². The number of nitrogens with one attached hydrogen (secondary N) is 2. The molecule has 2 atom stereocenters. The van der Waals surface area contributed by atoms with E-state index in [9.17, 15) is 0 Å². The summed E-state index contributed by atoms with van der Waals surface area (Å²) in [6, 6.07) is 10.4. The van der Waals surface area contributed by atoms with Crippen molar-refractivity contribution in [3.8, 4) is 0 Å². The van der Waals surface area contributed by atoms with E-state index in [1.54, 1.807) is 0 Å². The van der Waals surface area contributed by atoms with E-state index in [1.165, 1.54) is 31.2 Å². The van der Waals surface area contributed by atoms with Crippen LogP contribution >= 0.6 is 0 Å². The zero-order valence-corrected chi connectivity index (χ0v) is 11.3. The molecular weight excluding hydrogens is 236 g/mol. The molecule has 2 aliphatic rings. The van der Waals surface area contributed by atoms with E-state index in [4.69, 9.17) is 4.98 Å². The highest BCUT2D eigenvalue weighted by atomic mass is 15.2. The number of hydrogen-bond acceptors (Lipinski definition) is 3. The van der Waals surface area contributed by atoms with Gasteiger partial charge in [-0.15, -0.1) is 0 Å². The maximum Gasteiger partial charge on any atom is 0.203 e. The summed E-state index contributed by atoms with van der Waals surface area (Å²) >= 11 is 0. The second-order valence-corrected chi connectivity index (χ2v) is 5.81. The molecule has 2 N–H and O–H groups in total. The Morgan fingerprint density at radius 3 is 2.68 bits per heavy atom. The Kier molecular flexibility index (Phi) is 2.52. The van der Waals surface area contributed by atoms with Gasteiger partial charge in [0.05, 0.1) is 11.0 Å². The van der Waals surface area contributed by atoms with Crippen LogP contribution in [0.4, 0.5) is 5.95 Å². The van der Waals surface area contributed by atoms with Gasteiger partial charge in [0.1, 0.15) is 0 Å². The third-order valence-electron chi connectivity index (χ3n) is 4.63. The number of anilines is 1. The first kappa shape index (κ1) is 11.3. The van der Waals surface area contributed by atoms with Gasteiger partial charge < -0.3 is 15.2 Å². The SMILES string of the molecule is CNc1nc2ccccc2n1C1CC2CCC(C1)N2. The molecule has 2 bridgehead atoms. The number of rotatable bonds is 2. The smallest absolute Gasteiger partial charge is 0.203 e. The van der Waals surface area contributed by atoms with Gasteiger partial charge in [-0.1, -0.05) is 12.1 Å². The van der Waals surface area contributed by atoms with Gasteiger partial charge in [0, 0.05) is 25.2 Å². The van der Waals surface area contributed by atoms with Crippen LogP contribution in [0.25, 0.3) is 11.0 Å². The molecule has 0 aliphatic carbocycles. The number of para-hydroxylation sites is 2. The number of benzene rings is 1. The third kappa shape index (κ3) is 1.74. The molecule has 100 valence electrons. The Morgan fingerprint density at radius 2 is 1.95 bits per heavy atom. The van der Waals surface area contributed by atoms with Crippen molar-refractivity contribution >= 4 is 17.0 Å². The number of nitrogens with zero attached hydrogens (tertiary/aromatic N) is 2. The molecule has 1 aromatic heterocycles. The summed E-state index contributed by atoms with van der Waals surface area (Å²) in [6.45, 7) is 0. The van der Waals surface area contributed by atoms with Crippen LogP contribution in [0.1, 0.15) is 31.7 Å².